The van der Waals surface area contributed by atoms with Gasteiger partial charge >= 0.3 is 0 Å². The number of aryl methyl sites for hydroxylation is 1. The first-order valence-electron chi connectivity index (χ1n) is 4.61. The lowest BCUT2D eigenvalue weighted by Gasteiger charge is -1.87. The zero-order valence-electron chi connectivity index (χ0n) is 8.55. The molecule has 0 amide bonds. The zero-order valence-corrected chi connectivity index (χ0v) is 10.1. The van der Waals surface area contributed by atoms with E-state index in [2.05, 4.69) is 5.10 Å². The van der Waals surface area contributed by atoms with E-state index in [1.165, 1.54) is 17.4 Å². The smallest absolute Gasteiger partial charge is 0.195 e. The normalized spacial score (nSPS) is 11.1. The summed E-state index contributed by atoms with van der Waals surface area (Å²) >= 11 is 7.03. The van der Waals surface area contributed by atoms with Gasteiger partial charge in [0, 0.05) is 18.8 Å². The van der Waals surface area contributed by atoms with Crippen LogP contribution in [-0.2, 0) is 7.05 Å². The number of rotatable bonds is 3. The Hall–Kier alpha value is -1.39. The van der Waals surface area contributed by atoms with Crippen molar-refractivity contribution in [2.45, 2.75) is 0 Å². The number of hydrogen-bond acceptors (Lipinski definition) is 3. The minimum Gasteiger partial charge on any atom is -0.288 e. The van der Waals surface area contributed by atoms with Gasteiger partial charge in [-0.05, 0) is 24.3 Å². The SMILES string of the molecule is Cn1cc(/C=C/C(=O)c2ccc(Cl)s2)cn1. The standard InChI is InChI=1S/C11H9ClN2OS/c1-14-7-8(6-13-14)2-3-9(15)10-4-5-11(12)16-10/h2-7H,1H3/b3-2+. The highest BCUT2D eigenvalue weighted by Gasteiger charge is 2.04. The summed E-state index contributed by atoms with van der Waals surface area (Å²) in [4.78, 5) is 12.3. The first kappa shape index (κ1) is 11.1. The Labute approximate surface area is 102 Å². The summed E-state index contributed by atoms with van der Waals surface area (Å²) in [6.07, 6.45) is 6.80. The first-order valence-corrected chi connectivity index (χ1v) is 5.81. The Bertz CT molecular complexity index is 542. The van der Waals surface area contributed by atoms with Gasteiger partial charge in [-0.2, -0.15) is 5.10 Å². The van der Waals surface area contributed by atoms with Crippen LogP contribution in [0.25, 0.3) is 6.08 Å². The molecule has 0 saturated carbocycles. The molecule has 0 N–H and O–H groups in total. The quantitative estimate of drug-likeness (QED) is 0.622. The molecule has 0 aliphatic heterocycles. The van der Waals surface area contributed by atoms with Gasteiger partial charge in [-0.25, -0.2) is 0 Å². The lowest BCUT2D eigenvalue weighted by atomic mass is 10.2. The van der Waals surface area contributed by atoms with Crippen molar-refractivity contribution < 1.29 is 4.79 Å². The maximum Gasteiger partial charge on any atom is 0.195 e. The molecule has 0 aromatic carbocycles. The number of halogens is 1. The predicted molar refractivity (Wildman–Crippen MR) is 65.9 cm³/mol. The van der Waals surface area contributed by atoms with Crippen LogP contribution in [0.5, 0.6) is 0 Å². The average molecular weight is 253 g/mol. The van der Waals surface area contributed by atoms with E-state index in [1.807, 2.05) is 13.2 Å². The third kappa shape index (κ3) is 2.59. The summed E-state index contributed by atoms with van der Waals surface area (Å²) in [7, 11) is 1.83. The molecular formula is C11H9ClN2OS. The van der Waals surface area contributed by atoms with Gasteiger partial charge in [0.15, 0.2) is 5.78 Å². The fourth-order valence-electron chi connectivity index (χ4n) is 1.23. The van der Waals surface area contributed by atoms with Crippen molar-refractivity contribution in [2.75, 3.05) is 0 Å². The Morgan fingerprint density at radius 2 is 2.38 bits per heavy atom. The number of allylic oxidation sites excluding steroid dienone is 1. The van der Waals surface area contributed by atoms with Crippen molar-refractivity contribution in [3.8, 4) is 0 Å². The second-order valence-corrected chi connectivity index (χ2v) is 4.96. The summed E-state index contributed by atoms with van der Waals surface area (Å²) < 4.78 is 2.31. The monoisotopic (exact) mass is 252 g/mol. The minimum absolute atomic E-state index is 0.0410. The average Bonchev–Trinajstić information content (AvgIpc) is 2.84. The van der Waals surface area contributed by atoms with E-state index < -0.39 is 0 Å². The molecule has 2 rings (SSSR count). The molecule has 2 aromatic rings. The van der Waals surface area contributed by atoms with Crippen LogP contribution in [-0.4, -0.2) is 15.6 Å². The van der Waals surface area contributed by atoms with E-state index in [1.54, 1.807) is 29.1 Å². The van der Waals surface area contributed by atoms with Gasteiger partial charge in [-0.1, -0.05) is 11.6 Å². The number of thiophene rings is 1. The Morgan fingerprint density at radius 3 is 2.94 bits per heavy atom. The van der Waals surface area contributed by atoms with Gasteiger partial charge in [0.25, 0.3) is 0 Å². The van der Waals surface area contributed by atoms with Crippen LogP contribution in [0.1, 0.15) is 15.2 Å². The summed E-state index contributed by atoms with van der Waals surface area (Å²) in [5.74, 6) is -0.0410. The third-order valence-electron chi connectivity index (χ3n) is 1.97. The Morgan fingerprint density at radius 1 is 1.56 bits per heavy atom. The molecule has 0 atom stereocenters. The number of hydrogen-bond donors (Lipinski definition) is 0. The van der Waals surface area contributed by atoms with Crippen molar-refractivity contribution >= 4 is 34.8 Å². The largest absolute Gasteiger partial charge is 0.288 e. The number of ketones is 1. The molecule has 0 unspecified atom stereocenters. The van der Waals surface area contributed by atoms with Gasteiger partial charge < -0.3 is 0 Å². The molecule has 0 spiro atoms. The van der Waals surface area contributed by atoms with E-state index in [-0.39, 0.29) is 5.78 Å². The van der Waals surface area contributed by atoms with Crippen molar-refractivity contribution in [3.05, 3.63) is 45.4 Å². The zero-order chi connectivity index (χ0) is 11.5. The van der Waals surface area contributed by atoms with E-state index in [4.69, 9.17) is 11.6 Å². The maximum absolute atomic E-state index is 11.7. The van der Waals surface area contributed by atoms with Gasteiger partial charge in [0.1, 0.15) is 0 Å². The maximum atomic E-state index is 11.7. The summed E-state index contributed by atoms with van der Waals surface area (Å²) in [5, 5.41) is 4.01. The molecule has 5 heteroatoms. The van der Waals surface area contributed by atoms with Crippen LogP contribution in [0.15, 0.2) is 30.6 Å². The molecule has 82 valence electrons. The van der Waals surface area contributed by atoms with E-state index in [0.29, 0.717) is 9.21 Å². The highest BCUT2D eigenvalue weighted by Crippen LogP contribution is 2.22. The summed E-state index contributed by atoms with van der Waals surface area (Å²) in [6.45, 7) is 0. The molecule has 16 heavy (non-hydrogen) atoms. The second-order valence-electron chi connectivity index (χ2n) is 3.25. The summed E-state index contributed by atoms with van der Waals surface area (Å²) in [5.41, 5.74) is 0.901. The Kier molecular flexibility index (Phi) is 3.22. The van der Waals surface area contributed by atoms with Gasteiger partial charge in [-0.15, -0.1) is 11.3 Å². The van der Waals surface area contributed by atoms with E-state index in [0.717, 1.165) is 5.56 Å². The van der Waals surface area contributed by atoms with Crippen molar-refractivity contribution in [2.24, 2.45) is 7.05 Å². The topological polar surface area (TPSA) is 34.9 Å². The lowest BCUT2D eigenvalue weighted by molar-refractivity contribution is 0.105. The van der Waals surface area contributed by atoms with Gasteiger partial charge in [0.2, 0.25) is 0 Å². The predicted octanol–water partition coefficient (Wildman–Crippen LogP) is 3.03. The van der Waals surface area contributed by atoms with E-state index in [9.17, 15) is 4.79 Å². The number of carbonyl (C=O) groups is 1. The van der Waals surface area contributed by atoms with E-state index >= 15 is 0 Å². The highest BCUT2D eigenvalue weighted by molar-refractivity contribution is 7.18. The molecule has 2 aromatic heterocycles. The molecule has 2 heterocycles. The lowest BCUT2D eigenvalue weighted by Crippen LogP contribution is -1.88. The minimum atomic E-state index is -0.0410. The third-order valence-corrected chi connectivity index (χ3v) is 3.21. The number of aromatic nitrogens is 2. The van der Waals surface area contributed by atoms with Crippen LogP contribution in [0.2, 0.25) is 4.34 Å². The highest BCUT2D eigenvalue weighted by atomic mass is 35.5. The fraction of sp³-hybridized carbons (Fsp3) is 0.0909. The molecule has 0 aliphatic rings. The molecule has 0 saturated heterocycles. The van der Waals surface area contributed by atoms with Crippen molar-refractivity contribution in [1.82, 2.24) is 9.78 Å². The van der Waals surface area contributed by atoms with Crippen LogP contribution < -0.4 is 0 Å². The number of nitrogens with zero attached hydrogens (tertiary/aromatic N) is 2. The van der Waals surface area contributed by atoms with Crippen LogP contribution in [0, 0.1) is 0 Å². The van der Waals surface area contributed by atoms with Crippen molar-refractivity contribution in [3.63, 3.8) is 0 Å². The molecular weight excluding hydrogens is 244 g/mol. The van der Waals surface area contributed by atoms with Gasteiger partial charge in [-0.3, -0.25) is 9.48 Å². The summed E-state index contributed by atoms with van der Waals surface area (Å²) in [6, 6.07) is 3.44. The molecule has 0 radical (unpaired) electrons. The Balaban J connectivity index is 2.10. The molecule has 0 fully saturated rings. The van der Waals surface area contributed by atoms with Crippen molar-refractivity contribution in [1.29, 1.82) is 0 Å². The molecule has 0 aliphatic carbocycles. The van der Waals surface area contributed by atoms with Crippen LogP contribution >= 0.6 is 22.9 Å². The van der Waals surface area contributed by atoms with Gasteiger partial charge in [0.05, 0.1) is 15.4 Å². The fourth-order valence-corrected chi connectivity index (χ4v) is 2.19. The first-order chi connectivity index (χ1) is 7.65. The van der Waals surface area contributed by atoms with Crippen LogP contribution in [0.3, 0.4) is 0 Å². The van der Waals surface area contributed by atoms with Crippen LogP contribution in [0.4, 0.5) is 0 Å². The molecule has 3 nitrogen and oxygen atoms in total. The number of carbonyl (C=O) groups excluding carboxylic acids is 1. The second kappa shape index (κ2) is 4.63. The molecule has 0 bridgehead atoms.